The summed E-state index contributed by atoms with van der Waals surface area (Å²) < 4.78 is 20.5. The smallest absolute Gasteiger partial charge is 0.221 e. The van der Waals surface area contributed by atoms with Gasteiger partial charge in [-0.3, -0.25) is 0 Å². The number of aliphatic hydroxyl groups excluding tert-OH is 6. The van der Waals surface area contributed by atoms with Crippen molar-refractivity contribution in [2.45, 2.75) is 48.2 Å². The molecule has 0 bridgehead atoms. The van der Waals surface area contributed by atoms with Crippen LogP contribution in [0.2, 0.25) is 0 Å². The Kier molecular flexibility index (Phi) is 6.16. The lowest BCUT2D eigenvalue weighted by Crippen LogP contribution is -2.50. The van der Waals surface area contributed by atoms with Gasteiger partial charge in [0.05, 0.1) is 19.8 Å². The third kappa shape index (κ3) is 3.30. The van der Waals surface area contributed by atoms with Gasteiger partial charge >= 0.3 is 0 Å². The molecule has 7 N–H and O–H groups in total. The fourth-order valence-electron chi connectivity index (χ4n) is 2.81. The molecule has 2 fully saturated rings. The van der Waals surface area contributed by atoms with Gasteiger partial charge in [-0.05, 0) is 0 Å². The van der Waals surface area contributed by atoms with E-state index in [1.807, 2.05) is 0 Å². The second-order valence-corrected chi connectivity index (χ2v) is 5.92. The molecule has 2 saturated heterocycles. The molecule has 11 heteroatoms. The van der Waals surface area contributed by atoms with E-state index < -0.39 is 68.0 Å². The number of rotatable bonds is 7. The minimum absolute atomic E-state index is 0.0606. The predicted molar refractivity (Wildman–Crippen MR) is 73.5 cm³/mol. The zero-order valence-electron chi connectivity index (χ0n) is 13.1. The molecule has 142 valence electrons. The van der Waals surface area contributed by atoms with Crippen molar-refractivity contribution in [3.8, 4) is 0 Å². The first-order valence-electron chi connectivity index (χ1n) is 7.39. The summed E-state index contributed by atoms with van der Waals surface area (Å²) in [5.41, 5.74) is 0. The molecule has 0 aliphatic carbocycles. The Morgan fingerprint density at radius 2 is 1.46 bits per heavy atom. The number of aliphatic hydroxyl groups is 7. The highest BCUT2D eigenvalue weighted by atomic mass is 16.8. The first-order chi connectivity index (χ1) is 11.2. The molecular formula is C13H24O11. The topological polar surface area (TPSA) is 179 Å². The van der Waals surface area contributed by atoms with Crippen molar-refractivity contribution in [1.82, 2.24) is 0 Å². The number of hydrogen-bond acceptors (Lipinski definition) is 11. The normalized spacial score (nSPS) is 49.0. The third-order valence-corrected chi connectivity index (χ3v) is 4.30. The fraction of sp³-hybridized carbons (Fsp3) is 1.00. The van der Waals surface area contributed by atoms with Crippen LogP contribution in [0.4, 0.5) is 0 Å². The molecule has 0 aromatic heterocycles. The molecule has 5 unspecified atom stereocenters. The molecule has 0 radical (unpaired) electrons. The van der Waals surface area contributed by atoms with Crippen LogP contribution in [0.25, 0.3) is 0 Å². The van der Waals surface area contributed by atoms with E-state index in [0.29, 0.717) is 0 Å². The van der Waals surface area contributed by atoms with Crippen molar-refractivity contribution >= 4 is 0 Å². The second kappa shape index (κ2) is 7.43. The van der Waals surface area contributed by atoms with Crippen LogP contribution in [0, 0.1) is 0 Å². The van der Waals surface area contributed by atoms with Crippen molar-refractivity contribution in [1.29, 1.82) is 0 Å². The lowest BCUT2D eigenvalue weighted by molar-refractivity contribution is -0.296. The molecule has 0 aromatic carbocycles. The van der Waals surface area contributed by atoms with E-state index in [4.69, 9.17) is 24.1 Å². The van der Waals surface area contributed by atoms with Gasteiger partial charge in [-0.25, -0.2) is 0 Å². The minimum Gasteiger partial charge on any atom is -0.391 e. The third-order valence-electron chi connectivity index (χ3n) is 4.30. The summed E-state index contributed by atoms with van der Waals surface area (Å²) in [4.78, 5) is 0. The van der Waals surface area contributed by atoms with Crippen molar-refractivity contribution in [2.24, 2.45) is 0 Å². The molecule has 2 aliphatic rings. The Morgan fingerprint density at radius 1 is 0.875 bits per heavy atom. The average molecular weight is 356 g/mol. The van der Waals surface area contributed by atoms with Gasteiger partial charge in [0.2, 0.25) is 11.6 Å². The lowest BCUT2D eigenvalue weighted by atomic mass is 10.0. The first kappa shape index (κ1) is 19.9. The Balaban J connectivity index is 2.04. The summed E-state index contributed by atoms with van der Waals surface area (Å²) in [5, 5.41) is 67.9. The lowest BCUT2D eigenvalue weighted by Gasteiger charge is -2.31. The minimum atomic E-state index is -2.35. The highest BCUT2D eigenvalue weighted by Gasteiger charge is 2.57. The summed E-state index contributed by atoms with van der Waals surface area (Å²) in [6.45, 7) is -2.35. The SMILES string of the molecule is COCC1O[C@@](CO)(OCC2O[C@](O)(CO)[C@H](O)C2O)C(O)C1O. The van der Waals surface area contributed by atoms with Crippen LogP contribution in [0.1, 0.15) is 0 Å². The molecule has 0 aromatic rings. The standard InChI is InChI=1S/C13H24O11/c1-21-2-6-9(17)11(19)13(5-15,24-6)22-3-7-8(16)10(18)12(20,4-14)23-7/h6-11,14-20H,2-5H2,1H3/t6?,7?,8?,9?,10-,11?,12-,13-/m1/s1. The molecule has 11 nitrogen and oxygen atoms in total. The Hall–Kier alpha value is -0.440. The van der Waals surface area contributed by atoms with E-state index in [1.54, 1.807) is 0 Å². The zero-order chi connectivity index (χ0) is 18.1. The van der Waals surface area contributed by atoms with Gasteiger partial charge in [0.1, 0.15) is 43.2 Å². The molecular weight excluding hydrogens is 332 g/mol. The van der Waals surface area contributed by atoms with Crippen molar-refractivity contribution in [2.75, 3.05) is 33.5 Å². The highest BCUT2D eigenvalue weighted by molar-refractivity contribution is 4.99. The van der Waals surface area contributed by atoms with Crippen molar-refractivity contribution in [3.05, 3.63) is 0 Å². The summed E-state index contributed by atoms with van der Waals surface area (Å²) in [5.74, 6) is -4.34. The maximum Gasteiger partial charge on any atom is 0.221 e. The van der Waals surface area contributed by atoms with Crippen LogP contribution < -0.4 is 0 Å². The van der Waals surface area contributed by atoms with Gasteiger partial charge in [-0.2, -0.15) is 0 Å². The molecule has 0 spiro atoms. The largest absolute Gasteiger partial charge is 0.391 e. The maximum absolute atomic E-state index is 10.1. The van der Waals surface area contributed by atoms with Crippen LogP contribution in [-0.4, -0.2) is 117 Å². The molecule has 2 heterocycles. The van der Waals surface area contributed by atoms with E-state index in [9.17, 15) is 30.6 Å². The van der Waals surface area contributed by atoms with E-state index in [1.165, 1.54) is 7.11 Å². The van der Waals surface area contributed by atoms with E-state index in [2.05, 4.69) is 0 Å². The average Bonchev–Trinajstić information content (AvgIpc) is 2.95. The number of ether oxygens (including phenoxy) is 4. The van der Waals surface area contributed by atoms with Gasteiger partial charge in [0.25, 0.3) is 0 Å². The number of hydrogen-bond donors (Lipinski definition) is 7. The monoisotopic (exact) mass is 356 g/mol. The van der Waals surface area contributed by atoms with Crippen LogP contribution >= 0.6 is 0 Å². The van der Waals surface area contributed by atoms with Crippen LogP contribution in [0.15, 0.2) is 0 Å². The quantitative estimate of drug-likeness (QED) is 0.233. The molecule has 0 saturated carbocycles. The van der Waals surface area contributed by atoms with Gasteiger partial charge in [-0.15, -0.1) is 0 Å². The van der Waals surface area contributed by atoms with E-state index in [0.717, 1.165) is 0 Å². The first-order valence-corrected chi connectivity index (χ1v) is 7.39. The van der Waals surface area contributed by atoms with Crippen LogP contribution in [0.5, 0.6) is 0 Å². The highest BCUT2D eigenvalue weighted by Crippen LogP contribution is 2.35. The molecule has 0 amide bonds. The van der Waals surface area contributed by atoms with Crippen molar-refractivity contribution < 1.29 is 54.7 Å². The van der Waals surface area contributed by atoms with Crippen molar-refractivity contribution in [3.63, 3.8) is 0 Å². The van der Waals surface area contributed by atoms with Gasteiger partial charge < -0.3 is 54.7 Å². The van der Waals surface area contributed by atoms with Crippen LogP contribution in [-0.2, 0) is 18.9 Å². The number of methoxy groups -OCH3 is 1. The van der Waals surface area contributed by atoms with Gasteiger partial charge in [0, 0.05) is 7.11 Å². The summed E-state index contributed by atoms with van der Waals surface area (Å²) in [7, 11) is 1.36. The van der Waals surface area contributed by atoms with Crippen LogP contribution in [0.3, 0.4) is 0 Å². The summed E-state index contributed by atoms with van der Waals surface area (Å²) >= 11 is 0. The maximum atomic E-state index is 10.1. The summed E-state index contributed by atoms with van der Waals surface area (Å²) in [6, 6.07) is 0. The Labute approximate surface area is 137 Å². The predicted octanol–water partition coefficient (Wildman–Crippen LogP) is -4.74. The Bertz CT molecular complexity index is 423. The summed E-state index contributed by atoms with van der Waals surface area (Å²) in [6.07, 6.45) is -8.57. The fourth-order valence-corrected chi connectivity index (χ4v) is 2.81. The zero-order valence-corrected chi connectivity index (χ0v) is 13.1. The van der Waals surface area contributed by atoms with E-state index >= 15 is 0 Å². The molecule has 2 aliphatic heterocycles. The molecule has 2 rings (SSSR count). The molecule has 24 heavy (non-hydrogen) atoms. The van der Waals surface area contributed by atoms with E-state index in [-0.39, 0.29) is 6.61 Å². The molecule has 8 atom stereocenters. The second-order valence-electron chi connectivity index (χ2n) is 5.92. The Morgan fingerprint density at radius 3 is 1.96 bits per heavy atom. The van der Waals surface area contributed by atoms with Gasteiger partial charge in [0.15, 0.2) is 0 Å². The van der Waals surface area contributed by atoms with Gasteiger partial charge in [-0.1, -0.05) is 0 Å².